The van der Waals surface area contributed by atoms with Gasteiger partial charge >= 0.3 is 0 Å². The third kappa shape index (κ3) is 1.78. The monoisotopic (exact) mass is 272 g/mol. The van der Waals surface area contributed by atoms with E-state index in [1.54, 1.807) is 0 Å². The molecule has 0 saturated carbocycles. The summed E-state index contributed by atoms with van der Waals surface area (Å²) in [5.74, 6) is 0. The Kier molecular flexibility index (Phi) is 2.61. The van der Waals surface area contributed by atoms with E-state index in [2.05, 4.69) is 62.4 Å². The van der Waals surface area contributed by atoms with E-state index in [0.29, 0.717) is 0 Å². The summed E-state index contributed by atoms with van der Waals surface area (Å²) >= 11 is 0. The van der Waals surface area contributed by atoms with E-state index >= 15 is 0 Å². The van der Waals surface area contributed by atoms with Crippen molar-refractivity contribution in [3.8, 4) is 11.1 Å². The third-order valence-electron chi connectivity index (χ3n) is 4.24. The van der Waals surface area contributed by atoms with Gasteiger partial charge in [-0.2, -0.15) is 0 Å². The highest BCUT2D eigenvalue weighted by Gasteiger charge is 2.15. The molecule has 0 aliphatic rings. The first-order chi connectivity index (χ1) is 10.3. The molecule has 0 atom stereocenters. The number of aryl methyl sites for hydroxylation is 2. The zero-order chi connectivity index (χ0) is 14.4. The average Bonchev–Trinajstić information content (AvgIpc) is 2.91. The summed E-state index contributed by atoms with van der Waals surface area (Å²) in [6.45, 7) is 4.28. The molecular formula is C20H16O. The lowest BCUT2D eigenvalue weighted by Crippen LogP contribution is -1.86. The number of para-hydroxylation sites is 1. The Labute approximate surface area is 123 Å². The van der Waals surface area contributed by atoms with Gasteiger partial charge in [-0.3, -0.25) is 0 Å². The lowest BCUT2D eigenvalue weighted by atomic mass is 9.95. The maximum absolute atomic E-state index is 6.13. The minimum Gasteiger partial charge on any atom is -0.456 e. The van der Waals surface area contributed by atoms with Gasteiger partial charge in [-0.15, -0.1) is 0 Å². The average molecular weight is 272 g/mol. The van der Waals surface area contributed by atoms with Crippen LogP contribution in [0.2, 0.25) is 0 Å². The molecule has 4 rings (SSSR count). The van der Waals surface area contributed by atoms with Crippen LogP contribution in [0.4, 0.5) is 0 Å². The summed E-state index contributed by atoms with van der Waals surface area (Å²) in [7, 11) is 0. The van der Waals surface area contributed by atoms with Crippen molar-refractivity contribution in [2.75, 3.05) is 0 Å². The van der Waals surface area contributed by atoms with E-state index in [1.165, 1.54) is 33.0 Å². The van der Waals surface area contributed by atoms with Crippen LogP contribution in [-0.2, 0) is 0 Å². The SMILES string of the molecule is Cc1cc(-c2ccccc2)c2c(oc3ccccc32)c1C. The lowest BCUT2D eigenvalue weighted by Gasteiger charge is -2.08. The van der Waals surface area contributed by atoms with E-state index in [4.69, 9.17) is 4.42 Å². The summed E-state index contributed by atoms with van der Waals surface area (Å²) in [6, 6.07) is 21.1. The van der Waals surface area contributed by atoms with Gasteiger partial charge in [0.2, 0.25) is 0 Å². The number of benzene rings is 3. The molecule has 0 unspecified atom stereocenters. The topological polar surface area (TPSA) is 13.1 Å². The van der Waals surface area contributed by atoms with E-state index in [1.807, 2.05) is 12.1 Å². The Hall–Kier alpha value is -2.54. The molecule has 102 valence electrons. The predicted octanol–water partition coefficient (Wildman–Crippen LogP) is 5.87. The molecule has 0 N–H and O–H groups in total. The molecule has 0 amide bonds. The molecular weight excluding hydrogens is 256 g/mol. The van der Waals surface area contributed by atoms with Crippen molar-refractivity contribution in [2.24, 2.45) is 0 Å². The number of fused-ring (bicyclic) bond motifs is 3. The van der Waals surface area contributed by atoms with Crippen molar-refractivity contribution in [1.82, 2.24) is 0 Å². The van der Waals surface area contributed by atoms with E-state index in [9.17, 15) is 0 Å². The highest BCUT2D eigenvalue weighted by atomic mass is 16.3. The molecule has 0 saturated heterocycles. The Balaban J connectivity index is 2.23. The first kappa shape index (κ1) is 12.2. The van der Waals surface area contributed by atoms with Crippen LogP contribution >= 0.6 is 0 Å². The zero-order valence-corrected chi connectivity index (χ0v) is 12.2. The molecule has 21 heavy (non-hydrogen) atoms. The second kappa shape index (κ2) is 4.49. The van der Waals surface area contributed by atoms with Crippen LogP contribution in [0.3, 0.4) is 0 Å². The van der Waals surface area contributed by atoms with Crippen LogP contribution in [0.5, 0.6) is 0 Å². The van der Waals surface area contributed by atoms with E-state index < -0.39 is 0 Å². The molecule has 1 aromatic heterocycles. The van der Waals surface area contributed by atoms with Gasteiger partial charge in [-0.1, -0.05) is 54.6 Å². The minimum absolute atomic E-state index is 0.957. The molecule has 0 aliphatic carbocycles. The zero-order valence-electron chi connectivity index (χ0n) is 12.2. The fourth-order valence-corrected chi connectivity index (χ4v) is 3.00. The van der Waals surface area contributed by atoms with Gasteiger partial charge in [-0.25, -0.2) is 0 Å². The summed E-state index contributed by atoms with van der Waals surface area (Å²) in [5.41, 5.74) is 6.94. The fraction of sp³-hybridized carbons (Fsp3) is 0.100. The lowest BCUT2D eigenvalue weighted by molar-refractivity contribution is 0.665. The summed E-state index contributed by atoms with van der Waals surface area (Å²) in [5, 5.41) is 2.41. The van der Waals surface area contributed by atoms with Crippen molar-refractivity contribution >= 4 is 21.9 Å². The van der Waals surface area contributed by atoms with Gasteiger partial charge in [0.15, 0.2) is 0 Å². The fourth-order valence-electron chi connectivity index (χ4n) is 3.00. The van der Waals surface area contributed by atoms with Crippen molar-refractivity contribution in [3.63, 3.8) is 0 Å². The molecule has 0 radical (unpaired) electrons. The number of hydrogen-bond donors (Lipinski definition) is 0. The maximum atomic E-state index is 6.13. The van der Waals surface area contributed by atoms with Gasteiger partial charge in [-0.05, 0) is 42.2 Å². The second-order valence-corrected chi connectivity index (χ2v) is 5.53. The van der Waals surface area contributed by atoms with Gasteiger partial charge in [0.25, 0.3) is 0 Å². The first-order valence-electron chi connectivity index (χ1n) is 7.22. The molecule has 1 nitrogen and oxygen atoms in total. The molecule has 4 aromatic rings. The van der Waals surface area contributed by atoms with Gasteiger partial charge < -0.3 is 4.42 Å². The Morgan fingerprint density at radius 2 is 1.52 bits per heavy atom. The molecule has 3 aromatic carbocycles. The Bertz CT molecular complexity index is 946. The van der Waals surface area contributed by atoms with Crippen LogP contribution in [0.15, 0.2) is 65.1 Å². The van der Waals surface area contributed by atoms with Crippen molar-refractivity contribution in [1.29, 1.82) is 0 Å². The van der Waals surface area contributed by atoms with Gasteiger partial charge in [0.1, 0.15) is 11.2 Å². The third-order valence-corrected chi connectivity index (χ3v) is 4.24. The van der Waals surface area contributed by atoms with E-state index in [0.717, 1.165) is 11.2 Å². The highest BCUT2D eigenvalue weighted by molar-refractivity contribution is 6.13. The quantitative estimate of drug-likeness (QED) is 0.422. The number of hydrogen-bond acceptors (Lipinski definition) is 1. The van der Waals surface area contributed by atoms with Crippen LogP contribution in [0.25, 0.3) is 33.1 Å². The van der Waals surface area contributed by atoms with Crippen molar-refractivity contribution in [2.45, 2.75) is 13.8 Å². The second-order valence-electron chi connectivity index (χ2n) is 5.53. The maximum Gasteiger partial charge on any atom is 0.139 e. The molecule has 0 aliphatic heterocycles. The Morgan fingerprint density at radius 1 is 0.810 bits per heavy atom. The molecule has 0 spiro atoms. The minimum atomic E-state index is 0.957. The predicted molar refractivity (Wildman–Crippen MR) is 88.6 cm³/mol. The summed E-state index contributed by atoms with van der Waals surface area (Å²) in [6.07, 6.45) is 0. The molecule has 0 fully saturated rings. The van der Waals surface area contributed by atoms with Crippen LogP contribution in [0, 0.1) is 13.8 Å². The molecule has 0 bridgehead atoms. The van der Waals surface area contributed by atoms with Crippen LogP contribution in [0.1, 0.15) is 11.1 Å². The smallest absolute Gasteiger partial charge is 0.139 e. The van der Waals surface area contributed by atoms with Crippen molar-refractivity contribution < 1.29 is 4.42 Å². The first-order valence-corrected chi connectivity index (χ1v) is 7.22. The van der Waals surface area contributed by atoms with Gasteiger partial charge in [0.05, 0.1) is 0 Å². The number of furan rings is 1. The number of rotatable bonds is 1. The summed E-state index contributed by atoms with van der Waals surface area (Å²) in [4.78, 5) is 0. The summed E-state index contributed by atoms with van der Waals surface area (Å²) < 4.78 is 6.13. The Morgan fingerprint density at radius 3 is 2.33 bits per heavy atom. The van der Waals surface area contributed by atoms with Gasteiger partial charge in [0, 0.05) is 10.8 Å². The van der Waals surface area contributed by atoms with Crippen LogP contribution < -0.4 is 0 Å². The largest absolute Gasteiger partial charge is 0.456 e. The standard InChI is InChI=1S/C20H16O/c1-13-12-17(15-8-4-3-5-9-15)19-16-10-6-7-11-18(16)21-20(19)14(13)2/h3-12H,1-2H3. The van der Waals surface area contributed by atoms with Crippen LogP contribution in [-0.4, -0.2) is 0 Å². The molecule has 1 heteroatoms. The normalized spacial score (nSPS) is 11.3. The molecule has 1 heterocycles. The van der Waals surface area contributed by atoms with Crippen molar-refractivity contribution in [3.05, 3.63) is 71.8 Å². The van der Waals surface area contributed by atoms with E-state index in [-0.39, 0.29) is 0 Å². The highest BCUT2D eigenvalue weighted by Crippen LogP contribution is 2.39.